The topological polar surface area (TPSA) is 29.3 Å². The lowest BCUT2D eigenvalue weighted by molar-refractivity contribution is 0.173. The zero-order chi connectivity index (χ0) is 13.1. The average Bonchev–Trinajstić information content (AvgIpc) is 2.58. The van der Waals surface area contributed by atoms with Gasteiger partial charge >= 0.3 is 0 Å². The molecule has 0 radical (unpaired) electrons. The molecule has 100 valence electrons. The summed E-state index contributed by atoms with van der Waals surface area (Å²) in [5.74, 6) is 0.775. The first kappa shape index (κ1) is 13.6. The lowest BCUT2D eigenvalue weighted by Gasteiger charge is -2.30. The summed E-state index contributed by atoms with van der Waals surface area (Å²) in [4.78, 5) is 2.64. The highest BCUT2D eigenvalue weighted by atomic mass is 15.2. The first-order valence-electron chi connectivity index (χ1n) is 7.13. The van der Waals surface area contributed by atoms with Gasteiger partial charge in [-0.2, -0.15) is 0 Å². The van der Waals surface area contributed by atoms with Crippen molar-refractivity contribution in [3.05, 3.63) is 35.9 Å². The zero-order valence-electron chi connectivity index (χ0n) is 11.8. The maximum Gasteiger partial charge on any atom is 0.0239 e. The van der Waals surface area contributed by atoms with Crippen LogP contribution in [0.3, 0.4) is 0 Å². The third-order valence-electron chi connectivity index (χ3n) is 4.31. The van der Waals surface area contributed by atoms with Crippen LogP contribution in [0.15, 0.2) is 30.3 Å². The highest BCUT2D eigenvalue weighted by Crippen LogP contribution is 2.32. The maximum atomic E-state index is 5.99. The number of likely N-dealkylation sites (tertiary alicyclic amines) is 1. The lowest BCUT2D eigenvalue weighted by atomic mass is 10.0. The van der Waals surface area contributed by atoms with Gasteiger partial charge < -0.3 is 5.73 Å². The fourth-order valence-electron chi connectivity index (χ4n) is 3.15. The SMILES string of the molecule is CC(N)CC1CC(C)C(C)N1Cc1ccccc1. The van der Waals surface area contributed by atoms with Gasteiger partial charge in [0.25, 0.3) is 0 Å². The van der Waals surface area contributed by atoms with Crippen LogP contribution >= 0.6 is 0 Å². The van der Waals surface area contributed by atoms with Gasteiger partial charge in [-0.25, -0.2) is 0 Å². The van der Waals surface area contributed by atoms with Gasteiger partial charge in [0.1, 0.15) is 0 Å². The number of nitrogens with zero attached hydrogens (tertiary/aromatic N) is 1. The fourth-order valence-corrected chi connectivity index (χ4v) is 3.15. The van der Waals surface area contributed by atoms with Gasteiger partial charge in [0.05, 0.1) is 0 Å². The fraction of sp³-hybridized carbons (Fsp3) is 0.625. The van der Waals surface area contributed by atoms with Crippen LogP contribution in [-0.4, -0.2) is 23.0 Å². The molecule has 2 N–H and O–H groups in total. The summed E-state index contributed by atoms with van der Waals surface area (Å²) in [6.07, 6.45) is 2.40. The zero-order valence-corrected chi connectivity index (χ0v) is 11.8. The minimum Gasteiger partial charge on any atom is -0.328 e. The van der Waals surface area contributed by atoms with Crippen molar-refractivity contribution < 1.29 is 0 Å². The molecule has 0 spiro atoms. The highest BCUT2D eigenvalue weighted by Gasteiger charge is 2.35. The summed E-state index contributed by atoms with van der Waals surface area (Å²) >= 11 is 0. The summed E-state index contributed by atoms with van der Waals surface area (Å²) in [5, 5.41) is 0. The second kappa shape index (κ2) is 5.85. The van der Waals surface area contributed by atoms with Gasteiger partial charge in [0.2, 0.25) is 0 Å². The van der Waals surface area contributed by atoms with Crippen molar-refractivity contribution in [1.29, 1.82) is 0 Å². The van der Waals surface area contributed by atoms with Crippen LogP contribution in [0.25, 0.3) is 0 Å². The summed E-state index contributed by atoms with van der Waals surface area (Å²) in [7, 11) is 0. The molecule has 2 nitrogen and oxygen atoms in total. The van der Waals surface area contributed by atoms with E-state index >= 15 is 0 Å². The largest absolute Gasteiger partial charge is 0.328 e. The molecule has 1 aromatic rings. The molecule has 2 rings (SSSR count). The summed E-state index contributed by atoms with van der Waals surface area (Å²) < 4.78 is 0. The number of benzene rings is 1. The molecule has 0 bridgehead atoms. The Balaban J connectivity index is 2.07. The van der Waals surface area contributed by atoms with Crippen molar-refractivity contribution in [2.45, 2.75) is 58.3 Å². The van der Waals surface area contributed by atoms with Crippen LogP contribution in [0, 0.1) is 5.92 Å². The molecule has 2 heteroatoms. The molecular weight excluding hydrogens is 220 g/mol. The number of hydrogen-bond acceptors (Lipinski definition) is 2. The smallest absolute Gasteiger partial charge is 0.0239 e. The van der Waals surface area contributed by atoms with Gasteiger partial charge in [-0.05, 0) is 38.2 Å². The Morgan fingerprint density at radius 3 is 2.56 bits per heavy atom. The standard InChI is InChI=1S/C16H26N2/c1-12-9-16(10-13(2)17)18(14(12)3)11-15-7-5-4-6-8-15/h4-8,12-14,16H,9-11,17H2,1-3H3. The van der Waals surface area contributed by atoms with E-state index in [-0.39, 0.29) is 0 Å². The van der Waals surface area contributed by atoms with E-state index in [1.54, 1.807) is 0 Å². The maximum absolute atomic E-state index is 5.99. The quantitative estimate of drug-likeness (QED) is 0.885. The van der Waals surface area contributed by atoms with Crippen molar-refractivity contribution in [3.63, 3.8) is 0 Å². The van der Waals surface area contributed by atoms with E-state index in [0.717, 1.165) is 18.9 Å². The molecule has 0 amide bonds. The monoisotopic (exact) mass is 246 g/mol. The van der Waals surface area contributed by atoms with Crippen molar-refractivity contribution in [3.8, 4) is 0 Å². The van der Waals surface area contributed by atoms with Crippen molar-refractivity contribution in [2.75, 3.05) is 0 Å². The number of nitrogens with two attached hydrogens (primary N) is 1. The molecule has 1 aromatic carbocycles. The molecule has 4 unspecified atom stereocenters. The van der Waals surface area contributed by atoms with Gasteiger partial charge in [0.15, 0.2) is 0 Å². The van der Waals surface area contributed by atoms with Crippen LogP contribution < -0.4 is 5.73 Å². The Labute approximate surface area is 111 Å². The predicted octanol–water partition coefficient (Wildman–Crippen LogP) is 3.02. The van der Waals surface area contributed by atoms with Crippen LogP contribution in [0.4, 0.5) is 0 Å². The first-order chi connectivity index (χ1) is 8.58. The molecule has 0 aromatic heterocycles. The second-order valence-electron chi connectivity index (χ2n) is 5.98. The Hall–Kier alpha value is -0.860. The average molecular weight is 246 g/mol. The molecule has 1 aliphatic rings. The van der Waals surface area contributed by atoms with E-state index < -0.39 is 0 Å². The van der Waals surface area contributed by atoms with Crippen LogP contribution in [0.1, 0.15) is 39.2 Å². The van der Waals surface area contributed by atoms with E-state index in [1.807, 2.05) is 0 Å². The Morgan fingerprint density at radius 2 is 1.94 bits per heavy atom. The number of rotatable bonds is 4. The van der Waals surface area contributed by atoms with Crippen molar-refractivity contribution in [1.82, 2.24) is 4.90 Å². The molecule has 1 fully saturated rings. The third kappa shape index (κ3) is 3.12. The predicted molar refractivity (Wildman–Crippen MR) is 77.3 cm³/mol. The van der Waals surface area contributed by atoms with Crippen LogP contribution in [0.5, 0.6) is 0 Å². The molecule has 1 aliphatic heterocycles. The minimum atomic E-state index is 0.297. The van der Waals surface area contributed by atoms with Gasteiger partial charge in [-0.1, -0.05) is 37.3 Å². The molecule has 18 heavy (non-hydrogen) atoms. The summed E-state index contributed by atoms with van der Waals surface area (Å²) in [6, 6.07) is 12.4. The Bertz CT molecular complexity index is 359. The summed E-state index contributed by atoms with van der Waals surface area (Å²) in [6.45, 7) is 7.90. The molecule has 1 heterocycles. The lowest BCUT2D eigenvalue weighted by Crippen LogP contribution is -2.37. The Kier molecular flexibility index (Phi) is 4.41. The molecular formula is C16H26N2. The molecule has 1 saturated heterocycles. The van der Waals surface area contributed by atoms with E-state index in [2.05, 4.69) is 56.0 Å². The Morgan fingerprint density at radius 1 is 1.28 bits per heavy atom. The summed E-state index contributed by atoms with van der Waals surface area (Å²) in [5.41, 5.74) is 7.40. The number of hydrogen-bond donors (Lipinski definition) is 1. The van der Waals surface area contributed by atoms with E-state index in [1.165, 1.54) is 12.0 Å². The molecule has 0 aliphatic carbocycles. The highest BCUT2D eigenvalue weighted by molar-refractivity contribution is 5.15. The first-order valence-corrected chi connectivity index (χ1v) is 7.13. The van der Waals surface area contributed by atoms with E-state index in [0.29, 0.717) is 18.1 Å². The van der Waals surface area contributed by atoms with Gasteiger partial charge in [-0.3, -0.25) is 4.90 Å². The van der Waals surface area contributed by atoms with Crippen molar-refractivity contribution >= 4 is 0 Å². The van der Waals surface area contributed by atoms with Gasteiger partial charge in [0, 0.05) is 24.7 Å². The normalized spacial score (nSPS) is 30.6. The minimum absolute atomic E-state index is 0.297. The second-order valence-corrected chi connectivity index (χ2v) is 5.98. The van der Waals surface area contributed by atoms with E-state index in [9.17, 15) is 0 Å². The van der Waals surface area contributed by atoms with Crippen LogP contribution in [-0.2, 0) is 6.54 Å². The molecule has 4 atom stereocenters. The van der Waals surface area contributed by atoms with Crippen molar-refractivity contribution in [2.24, 2.45) is 11.7 Å². The van der Waals surface area contributed by atoms with Crippen LogP contribution in [0.2, 0.25) is 0 Å². The van der Waals surface area contributed by atoms with Gasteiger partial charge in [-0.15, -0.1) is 0 Å². The third-order valence-corrected chi connectivity index (χ3v) is 4.31. The van der Waals surface area contributed by atoms with E-state index in [4.69, 9.17) is 5.73 Å². The molecule has 0 saturated carbocycles.